The van der Waals surface area contributed by atoms with Crippen molar-refractivity contribution in [3.05, 3.63) is 65.7 Å². The van der Waals surface area contributed by atoms with Gasteiger partial charge in [0, 0.05) is 0 Å². The number of carbonyl (C=O) groups is 2. The van der Waals surface area contributed by atoms with Crippen LogP contribution >= 0.6 is 0 Å². The molecule has 30 heavy (non-hydrogen) atoms. The average Bonchev–Trinajstić information content (AvgIpc) is 2.73. The van der Waals surface area contributed by atoms with Crippen LogP contribution in [-0.4, -0.2) is 28.6 Å². The Balaban J connectivity index is 1.75. The normalized spacial score (nSPS) is 17.0. The first kappa shape index (κ1) is 21.7. The molecule has 1 aliphatic carbocycles. The monoisotopic (exact) mass is 418 g/mol. The molecule has 1 saturated carbocycles. The summed E-state index contributed by atoms with van der Waals surface area (Å²) in [5, 5.41) is 8.91. The van der Waals surface area contributed by atoms with Gasteiger partial charge in [-0.3, -0.25) is 0 Å². The van der Waals surface area contributed by atoms with Crippen LogP contribution in [0.15, 0.2) is 54.6 Å². The van der Waals surface area contributed by atoms with Gasteiger partial charge in [0.05, 0.1) is 5.56 Å². The average molecular weight is 418 g/mol. The van der Waals surface area contributed by atoms with E-state index in [2.05, 4.69) is 0 Å². The van der Waals surface area contributed by atoms with Crippen LogP contribution in [0.3, 0.4) is 0 Å². The number of hydrogen-bond donors (Lipinski definition) is 1. The van der Waals surface area contributed by atoms with Gasteiger partial charge in [0.2, 0.25) is 6.10 Å². The fraction of sp³-hybridized carbons (Fsp3) is 0.391. The molecule has 0 bridgehead atoms. The second-order valence-electron chi connectivity index (χ2n) is 7.76. The number of carboxylic acid groups (broad SMARTS) is 1. The Hall–Kier alpha value is -2.96. The maximum atomic E-state index is 14.2. The van der Waals surface area contributed by atoms with E-state index in [1.54, 1.807) is 18.2 Å². The van der Waals surface area contributed by atoms with Crippen molar-refractivity contribution < 1.29 is 33.0 Å². The van der Waals surface area contributed by atoms with Crippen LogP contribution < -0.4 is 4.74 Å². The Morgan fingerprint density at radius 1 is 1.00 bits per heavy atom. The summed E-state index contributed by atoms with van der Waals surface area (Å²) in [6, 6.07) is 13.1. The van der Waals surface area contributed by atoms with Crippen LogP contribution in [0.1, 0.15) is 61.1 Å². The van der Waals surface area contributed by atoms with Gasteiger partial charge in [-0.25, -0.2) is 9.59 Å². The van der Waals surface area contributed by atoms with Crippen molar-refractivity contribution in [2.75, 3.05) is 0 Å². The lowest BCUT2D eigenvalue weighted by Crippen LogP contribution is -2.38. The van der Waals surface area contributed by atoms with Crippen LogP contribution in [0.2, 0.25) is 0 Å². The predicted octanol–water partition coefficient (Wildman–Crippen LogP) is 5.41. The lowest BCUT2D eigenvalue weighted by Gasteiger charge is -2.34. The molecular formula is C23H24F2O5. The maximum absolute atomic E-state index is 14.2. The number of rotatable bonds is 7. The van der Waals surface area contributed by atoms with Crippen molar-refractivity contribution >= 4 is 11.9 Å². The molecule has 0 aromatic heterocycles. The van der Waals surface area contributed by atoms with E-state index >= 15 is 0 Å². The molecule has 0 amide bonds. The van der Waals surface area contributed by atoms with E-state index in [0.29, 0.717) is 5.75 Å². The zero-order valence-corrected chi connectivity index (χ0v) is 16.6. The van der Waals surface area contributed by atoms with Crippen LogP contribution in [-0.2, 0) is 9.53 Å². The van der Waals surface area contributed by atoms with Crippen LogP contribution in [0, 0.1) is 0 Å². The SMILES string of the molecule is CC1(Oc2ccc(C(=O)OC(c3ccccc3)C(F)(F)C(=O)O)cc2)CCCCC1. The minimum Gasteiger partial charge on any atom is -0.488 e. The summed E-state index contributed by atoms with van der Waals surface area (Å²) >= 11 is 0. The largest absolute Gasteiger partial charge is 0.488 e. The van der Waals surface area contributed by atoms with E-state index in [1.165, 1.54) is 42.8 Å². The summed E-state index contributed by atoms with van der Waals surface area (Å²) in [6.45, 7) is 2.05. The molecule has 3 rings (SSSR count). The number of hydrogen-bond acceptors (Lipinski definition) is 4. The Kier molecular flexibility index (Phi) is 6.39. The van der Waals surface area contributed by atoms with Gasteiger partial charge in [-0.1, -0.05) is 36.8 Å². The Bertz CT molecular complexity index is 874. The molecule has 160 valence electrons. The second-order valence-corrected chi connectivity index (χ2v) is 7.76. The summed E-state index contributed by atoms with van der Waals surface area (Å²) < 4.78 is 39.5. The third-order valence-electron chi connectivity index (χ3n) is 5.31. The van der Waals surface area contributed by atoms with E-state index in [9.17, 15) is 18.4 Å². The molecule has 0 aliphatic heterocycles. The number of halogens is 2. The Morgan fingerprint density at radius 3 is 2.17 bits per heavy atom. The van der Waals surface area contributed by atoms with Crippen LogP contribution in [0.5, 0.6) is 5.75 Å². The molecule has 0 saturated heterocycles. The van der Waals surface area contributed by atoms with Crippen molar-refractivity contribution in [1.82, 2.24) is 0 Å². The van der Waals surface area contributed by atoms with E-state index in [4.69, 9.17) is 14.6 Å². The number of esters is 1. The van der Waals surface area contributed by atoms with Gasteiger partial charge >= 0.3 is 17.9 Å². The molecule has 2 aromatic rings. The number of aliphatic carboxylic acids is 1. The Morgan fingerprint density at radius 2 is 1.60 bits per heavy atom. The first-order valence-electron chi connectivity index (χ1n) is 9.87. The summed E-state index contributed by atoms with van der Waals surface area (Å²) in [6.07, 6.45) is 3.02. The highest BCUT2D eigenvalue weighted by Gasteiger charge is 2.51. The molecule has 1 aliphatic rings. The zero-order valence-electron chi connectivity index (χ0n) is 16.6. The first-order valence-corrected chi connectivity index (χ1v) is 9.87. The summed E-state index contributed by atoms with van der Waals surface area (Å²) in [5.74, 6) is -7.12. The number of alkyl halides is 2. The van der Waals surface area contributed by atoms with E-state index in [1.807, 2.05) is 6.92 Å². The van der Waals surface area contributed by atoms with E-state index < -0.39 is 24.0 Å². The van der Waals surface area contributed by atoms with Crippen LogP contribution in [0.25, 0.3) is 0 Å². The minimum atomic E-state index is -4.28. The molecule has 0 heterocycles. The summed E-state index contributed by atoms with van der Waals surface area (Å²) in [7, 11) is 0. The van der Waals surface area contributed by atoms with E-state index in [0.717, 1.165) is 25.7 Å². The summed E-state index contributed by atoms with van der Waals surface area (Å²) in [4.78, 5) is 23.5. The fourth-order valence-electron chi connectivity index (χ4n) is 3.61. The molecule has 7 heteroatoms. The van der Waals surface area contributed by atoms with Gasteiger partial charge < -0.3 is 14.6 Å². The molecule has 1 fully saturated rings. The number of ether oxygens (including phenoxy) is 2. The zero-order chi connectivity index (χ0) is 21.8. The highest BCUT2D eigenvalue weighted by atomic mass is 19.3. The molecule has 5 nitrogen and oxygen atoms in total. The highest BCUT2D eigenvalue weighted by Crippen LogP contribution is 2.36. The van der Waals surface area contributed by atoms with Crippen molar-refractivity contribution in [3.8, 4) is 5.75 Å². The highest BCUT2D eigenvalue weighted by molar-refractivity contribution is 5.90. The Labute approximate surface area is 173 Å². The van der Waals surface area contributed by atoms with E-state index in [-0.39, 0.29) is 16.7 Å². The quantitative estimate of drug-likeness (QED) is 0.609. The number of benzene rings is 2. The third-order valence-corrected chi connectivity index (χ3v) is 5.31. The molecule has 1 atom stereocenters. The minimum absolute atomic E-state index is 0.0262. The van der Waals surface area contributed by atoms with Crippen molar-refractivity contribution in [1.29, 1.82) is 0 Å². The molecule has 1 unspecified atom stereocenters. The van der Waals surface area contributed by atoms with Gasteiger partial charge in [0.25, 0.3) is 0 Å². The first-order chi connectivity index (χ1) is 14.2. The molecule has 2 aromatic carbocycles. The van der Waals surface area contributed by atoms with Gasteiger partial charge in [-0.15, -0.1) is 0 Å². The summed E-state index contributed by atoms with van der Waals surface area (Å²) in [5.41, 5.74) is -0.343. The smallest absolute Gasteiger partial charge is 0.382 e. The van der Waals surface area contributed by atoms with Gasteiger partial charge in [0.15, 0.2) is 0 Å². The lowest BCUT2D eigenvalue weighted by atomic mass is 9.86. The second kappa shape index (κ2) is 8.81. The number of carbonyl (C=O) groups excluding carboxylic acids is 1. The van der Waals surface area contributed by atoms with Crippen molar-refractivity contribution in [3.63, 3.8) is 0 Å². The van der Waals surface area contributed by atoms with Gasteiger partial charge in [-0.2, -0.15) is 8.78 Å². The third kappa shape index (κ3) is 4.96. The topological polar surface area (TPSA) is 72.8 Å². The van der Waals surface area contributed by atoms with Gasteiger partial charge in [0.1, 0.15) is 11.4 Å². The molecule has 0 radical (unpaired) electrons. The molecule has 1 N–H and O–H groups in total. The molecule has 0 spiro atoms. The maximum Gasteiger partial charge on any atom is 0.382 e. The number of carboxylic acids is 1. The lowest BCUT2D eigenvalue weighted by molar-refractivity contribution is -0.183. The predicted molar refractivity (Wildman–Crippen MR) is 106 cm³/mol. The standard InChI is InChI=1S/C23H24F2O5/c1-22(14-6-3-7-15-22)30-18-12-10-17(11-13-18)20(26)29-19(23(24,25)21(27)28)16-8-4-2-5-9-16/h2,4-5,8-13,19H,3,6-7,14-15H2,1H3,(H,27,28). The van der Waals surface area contributed by atoms with Gasteiger partial charge in [-0.05, 0) is 62.4 Å². The van der Waals surface area contributed by atoms with Crippen LogP contribution in [0.4, 0.5) is 8.78 Å². The van der Waals surface area contributed by atoms with Crippen molar-refractivity contribution in [2.24, 2.45) is 0 Å². The molecular weight excluding hydrogens is 394 g/mol. The van der Waals surface area contributed by atoms with Crippen molar-refractivity contribution in [2.45, 2.75) is 56.7 Å². The fourth-order valence-corrected chi connectivity index (χ4v) is 3.61.